The Morgan fingerprint density at radius 3 is 1.50 bits per heavy atom. The highest BCUT2D eigenvalue weighted by Crippen LogP contribution is 2.25. The second kappa shape index (κ2) is 12.4. The van der Waals surface area contributed by atoms with E-state index < -0.39 is 23.8 Å². The van der Waals surface area contributed by atoms with E-state index in [1.807, 2.05) is 78.9 Å². The Morgan fingerprint density at radius 1 is 0.676 bits per heavy atom. The van der Waals surface area contributed by atoms with Crippen molar-refractivity contribution in [3.63, 3.8) is 0 Å². The maximum absolute atomic E-state index is 12.0. The number of carboxylic acids is 2. The van der Waals surface area contributed by atoms with Crippen LogP contribution in [0.25, 0.3) is 11.1 Å². The number of hydrogen-bond acceptors (Lipinski definition) is 2. The lowest BCUT2D eigenvalue weighted by atomic mass is 9.82. The standard InChI is InChI=1S/C26H27N3O4.ClH/c27-26(28)29-16-19-8-12-21(13-9-19)20-10-6-18(7-11-20)15-23(25(32)33)22(24(30)31)14-17-4-2-1-3-5-17;/h1-13,22-23H,14-16H2,(H,30,31)(H,32,33)(H4,27,28,29);1H/t22-,23-;/m0./s1. The lowest BCUT2D eigenvalue weighted by Crippen LogP contribution is -3.00. The van der Waals surface area contributed by atoms with Gasteiger partial charge in [0.25, 0.3) is 0 Å². The summed E-state index contributed by atoms with van der Waals surface area (Å²) >= 11 is 0. The van der Waals surface area contributed by atoms with Gasteiger partial charge in [0, 0.05) is 0 Å². The van der Waals surface area contributed by atoms with Crippen molar-refractivity contribution in [3.8, 4) is 11.1 Å². The molecule has 7 nitrogen and oxygen atoms in total. The predicted octanol–water partition coefficient (Wildman–Crippen LogP) is -1.60. The summed E-state index contributed by atoms with van der Waals surface area (Å²) in [6, 6.07) is 24.6. The fourth-order valence-corrected chi connectivity index (χ4v) is 3.78. The largest absolute Gasteiger partial charge is 1.00 e. The minimum absolute atomic E-state index is 0. The average Bonchev–Trinajstić information content (AvgIpc) is 2.81. The third-order valence-corrected chi connectivity index (χ3v) is 5.61. The first kappa shape index (κ1) is 26.4. The van der Waals surface area contributed by atoms with Crippen molar-refractivity contribution in [2.75, 3.05) is 0 Å². The molecule has 0 aromatic heterocycles. The van der Waals surface area contributed by atoms with E-state index in [1.54, 1.807) is 0 Å². The van der Waals surface area contributed by atoms with Gasteiger partial charge in [0.15, 0.2) is 0 Å². The lowest BCUT2D eigenvalue weighted by Gasteiger charge is -2.21. The number of rotatable bonds is 10. The number of halogens is 1. The summed E-state index contributed by atoms with van der Waals surface area (Å²) in [7, 11) is 0. The van der Waals surface area contributed by atoms with Gasteiger partial charge in [-0.15, -0.1) is 0 Å². The Labute approximate surface area is 204 Å². The van der Waals surface area contributed by atoms with Crippen LogP contribution in [0.1, 0.15) is 16.7 Å². The molecule has 0 aliphatic heterocycles. The highest BCUT2D eigenvalue weighted by atomic mass is 35.5. The fourth-order valence-electron chi connectivity index (χ4n) is 3.78. The molecule has 0 aliphatic rings. The summed E-state index contributed by atoms with van der Waals surface area (Å²) in [5.74, 6) is -4.10. The molecule has 0 radical (unpaired) electrons. The van der Waals surface area contributed by atoms with Crippen molar-refractivity contribution in [2.24, 2.45) is 23.3 Å². The van der Waals surface area contributed by atoms with Crippen LogP contribution in [0.4, 0.5) is 0 Å². The second-order valence-corrected chi connectivity index (χ2v) is 7.99. The third kappa shape index (κ3) is 7.35. The smallest absolute Gasteiger partial charge is 0.339 e. The topological polar surface area (TPSA) is 141 Å². The molecule has 7 N–H and O–H groups in total. The Morgan fingerprint density at radius 2 is 1.09 bits per heavy atom. The van der Waals surface area contributed by atoms with Gasteiger partial charge in [-0.2, -0.15) is 0 Å². The summed E-state index contributed by atoms with van der Waals surface area (Å²) in [4.78, 5) is 26.7. The molecule has 3 aromatic rings. The van der Waals surface area contributed by atoms with E-state index in [9.17, 15) is 19.8 Å². The number of carboxylic acid groups (broad SMARTS) is 2. The molecular formula is C26H28ClN3O4. The minimum atomic E-state index is -1.11. The maximum Gasteiger partial charge on any atom is 0.339 e. The summed E-state index contributed by atoms with van der Waals surface area (Å²) in [5, 5.41) is 19.5. The number of aliphatic carboxylic acids is 2. The number of benzene rings is 3. The number of hydrogen-bond donors (Lipinski definition) is 5. The van der Waals surface area contributed by atoms with Crippen molar-refractivity contribution in [1.29, 1.82) is 0 Å². The minimum Gasteiger partial charge on any atom is -1.00 e. The molecule has 3 aromatic carbocycles. The summed E-state index contributed by atoms with van der Waals surface area (Å²) in [6.45, 7) is 0.534. The van der Waals surface area contributed by atoms with Gasteiger partial charge in [0.05, 0.1) is 18.4 Å². The summed E-state index contributed by atoms with van der Waals surface area (Å²) < 4.78 is 0. The SMILES string of the molecule is NC(N)=[NH+]Cc1ccc(-c2ccc(C[C@H](C(=O)O)[C@H](Cc3ccccc3)C(=O)O)cc2)cc1.[Cl-]. The fraction of sp³-hybridized carbons (Fsp3) is 0.192. The Hall–Kier alpha value is -3.84. The van der Waals surface area contributed by atoms with E-state index in [0.717, 1.165) is 27.8 Å². The summed E-state index contributed by atoms with van der Waals surface area (Å²) in [6.07, 6.45) is 0.307. The van der Waals surface area contributed by atoms with E-state index in [-0.39, 0.29) is 31.2 Å². The first-order valence-electron chi connectivity index (χ1n) is 10.6. The monoisotopic (exact) mass is 481 g/mol. The highest BCUT2D eigenvalue weighted by molar-refractivity contribution is 5.80. The van der Waals surface area contributed by atoms with E-state index in [0.29, 0.717) is 6.54 Å². The molecule has 8 heteroatoms. The van der Waals surface area contributed by atoms with E-state index in [4.69, 9.17) is 11.5 Å². The van der Waals surface area contributed by atoms with Crippen LogP contribution in [0, 0.1) is 11.8 Å². The van der Waals surface area contributed by atoms with Gasteiger partial charge in [-0.1, -0.05) is 78.9 Å². The quantitative estimate of drug-likeness (QED) is 0.174. The number of carbonyl (C=O) groups is 2. The van der Waals surface area contributed by atoms with Gasteiger partial charge in [-0.05, 0) is 40.7 Å². The Balaban J connectivity index is 0.00000408. The molecular weight excluding hydrogens is 454 g/mol. The summed E-state index contributed by atoms with van der Waals surface area (Å²) in [5.41, 5.74) is 15.4. The number of nitrogens with two attached hydrogens (primary N) is 2. The van der Waals surface area contributed by atoms with Crippen LogP contribution in [0.2, 0.25) is 0 Å². The molecule has 0 fully saturated rings. The van der Waals surface area contributed by atoms with E-state index in [2.05, 4.69) is 4.99 Å². The molecule has 0 spiro atoms. The molecule has 0 heterocycles. The normalized spacial score (nSPS) is 12.1. The zero-order valence-electron chi connectivity index (χ0n) is 18.5. The molecule has 0 unspecified atom stereocenters. The molecule has 0 bridgehead atoms. The zero-order chi connectivity index (χ0) is 23.8. The second-order valence-electron chi connectivity index (χ2n) is 7.99. The molecule has 0 amide bonds. The van der Waals surface area contributed by atoms with Crippen LogP contribution in [0.3, 0.4) is 0 Å². The molecule has 3 rings (SSSR count). The molecule has 0 saturated heterocycles. The van der Waals surface area contributed by atoms with Gasteiger partial charge >= 0.3 is 17.9 Å². The van der Waals surface area contributed by atoms with Crippen molar-refractivity contribution in [2.45, 2.75) is 19.4 Å². The van der Waals surface area contributed by atoms with Crippen LogP contribution >= 0.6 is 0 Å². The van der Waals surface area contributed by atoms with Crippen molar-refractivity contribution in [1.82, 2.24) is 0 Å². The van der Waals surface area contributed by atoms with Gasteiger partial charge in [-0.25, -0.2) is 0 Å². The van der Waals surface area contributed by atoms with Crippen molar-refractivity contribution in [3.05, 3.63) is 95.6 Å². The Bertz CT molecular complexity index is 1110. The van der Waals surface area contributed by atoms with Crippen LogP contribution in [-0.4, -0.2) is 28.1 Å². The maximum atomic E-state index is 12.0. The molecule has 178 valence electrons. The molecule has 0 aliphatic carbocycles. The highest BCUT2D eigenvalue weighted by Gasteiger charge is 2.34. The Kier molecular flexibility index (Phi) is 9.64. The lowest BCUT2D eigenvalue weighted by molar-refractivity contribution is -0.477. The molecule has 34 heavy (non-hydrogen) atoms. The van der Waals surface area contributed by atoms with Crippen molar-refractivity contribution >= 4 is 17.9 Å². The average molecular weight is 482 g/mol. The third-order valence-electron chi connectivity index (χ3n) is 5.61. The molecule has 0 saturated carbocycles. The van der Waals surface area contributed by atoms with Gasteiger partial charge in [-0.3, -0.25) is 26.0 Å². The molecule has 2 atom stereocenters. The van der Waals surface area contributed by atoms with Gasteiger partial charge in [0.2, 0.25) is 0 Å². The van der Waals surface area contributed by atoms with Crippen LogP contribution in [0.5, 0.6) is 0 Å². The first-order chi connectivity index (χ1) is 15.8. The predicted molar refractivity (Wildman–Crippen MR) is 126 cm³/mol. The first-order valence-corrected chi connectivity index (χ1v) is 10.6. The number of nitrogens with one attached hydrogen (secondary N) is 1. The van der Waals surface area contributed by atoms with Crippen LogP contribution in [0.15, 0.2) is 78.9 Å². The van der Waals surface area contributed by atoms with Crippen LogP contribution < -0.4 is 28.9 Å². The van der Waals surface area contributed by atoms with Gasteiger partial charge < -0.3 is 22.6 Å². The van der Waals surface area contributed by atoms with Gasteiger partial charge in [0.1, 0.15) is 0 Å². The van der Waals surface area contributed by atoms with E-state index >= 15 is 0 Å². The van der Waals surface area contributed by atoms with Crippen molar-refractivity contribution < 1.29 is 37.2 Å². The zero-order valence-corrected chi connectivity index (χ0v) is 19.3. The number of guanidine groups is 1. The van der Waals surface area contributed by atoms with E-state index in [1.165, 1.54) is 0 Å². The van der Waals surface area contributed by atoms with Crippen LogP contribution in [-0.2, 0) is 29.0 Å².